The summed E-state index contributed by atoms with van der Waals surface area (Å²) in [5.41, 5.74) is 1.73. The SMILES string of the molecule is CCCCn1ncc(NC(=O)N2CCC(C)C(O)C2)c1C. The topological polar surface area (TPSA) is 70.4 Å². The van der Waals surface area contributed by atoms with Crippen LogP contribution in [-0.2, 0) is 6.54 Å². The highest BCUT2D eigenvalue weighted by molar-refractivity contribution is 5.89. The molecule has 2 atom stereocenters. The molecule has 6 heteroatoms. The molecule has 2 heterocycles. The number of aromatic nitrogens is 2. The molecule has 0 aliphatic carbocycles. The van der Waals surface area contributed by atoms with E-state index in [1.807, 2.05) is 18.5 Å². The molecule has 1 aliphatic rings. The van der Waals surface area contributed by atoms with Crippen molar-refractivity contribution in [3.8, 4) is 0 Å². The lowest BCUT2D eigenvalue weighted by Crippen LogP contribution is -2.47. The molecule has 6 nitrogen and oxygen atoms in total. The zero-order valence-corrected chi connectivity index (χ0v) is 13.2. The molecule has 0 spiro atoms. The second-order valence-corrected chi connectivity index (χ2v) is 5.93. The fraction of sp³-hybridized carbons (Fsp3) is 0.733. The lowest BCUT2D eigenvalue weighted by molar-refractivity contribution is 0.0464. The van der Waals surface area contributed by atoms with Crippen LogP contribution in [0.5, 0.6) is 0 Å². The third-order valence-corrected chi connectivity index (χ3v) is 4.27. The van der Waals surface area contributed by atoms with Gasteiger partial charge in [-0.25, -0.2) is 4.79 Å². The van der Waals surface area contributed by atoms with Crippen molar-refractivity contribution in [1.82, 2.24) is 14.7 Å². The van der Waals surface area contributed by atoms with Crippen molar-refractivity contribution >= 4 is 11.7 Å². The van der Waals surface area contributed by atoms with Gasteiger partial charge in [-0.05, 0) is 25.7 Å². The third-order valence-electron chi connectivity index (χ3n) is 4.27. The zero-order chi connectivity index (χ0) is 15.4. The first kappa shape index (κ1) is 15.8. The lowest BCUT2D eigenvalue weighted by atomic mass is 9.96. The Morgan fingerprint density at radius 1 is 1.57 bits per heavy atom. The molecule has 118 valence electrons. The summed E-state index contributed by atoms with van der Waals surface area (Å²) in [5.74, 6) is 0.257. The van der Waals surface area contributed by atoms with E-state index in [4.69, 9.17) is 0 Å². The van der Waals surface area contributed by atoms with E-state index in [1.54, 1.807) is 11.1 Å². The van der Waals surface area contributed by atoms with Crippen molar-refractivity contribution in [2.45, 2.75) is 52.7 Å². The maximum Gasteiger partial charge on any atom is 0.322 e. The van der Waals surface area contributed by atoms with Crippen LogP contribution in [0.15, 0.2) is 6.20 Å². The van der Waals surface area contributed by atoms with Gasteiger partial charge in [0, 0.05) is 19.6 Å². The number of urea groups is 1. The van der Waals surface area contributed by atoms with E-state index < -0.39 is 6.10 Å². The molecular weight excluding hydrogens is 268 g/mol. The second-order valence-electron chi connectivity index (χ2n) is 5.93. The van der Waals surface area contributed by atoms with Gasteiger partial charge in [-0.1, -0.05) is 20.3 Å². The number of β-amino-alcohol motifs (C(OH)–C–C–N with tert-alkyl or cyclic N) is 1. The molecule has 2 rings (SSSR count). The Morgan fingerprint density at radius 3 is 3.00 bits per heavy atom. The number of aliphatic hydroxyl groups excluding tert-OH is 1. The van der Waals surface area contributed by atoms with Gasteiger partial charge in [-0.15, -0.1) is 0 Å². The Labute approximate surface area is 126 Å². The van der Waals surface area contributed by atoms with Gasteiger partial charge < -0.3 is 15.3 Å². The van der Waals surface area contributed by atoms with Crippen molar-refractivity contribution in [2.24, 2.45) is 5.92 Å². The quantitative estimate of drug-likeness (QED) is 0.894. The van der Waals surface area contributed by atoms with Gasteiger partial charge in [-0.3, -0.25) is 4.68 Å². The number of piperidine rings is 1. The predicted octanol–water partition coefficient (Wildman–Crippen LogP) is 2.23. The van der Waals surface area contributed by atoms with Gasteiger partial charge in [0.1, 0.15) is 0 Å². The molecule has 0 radical (unpaired) electrons. The molecule has 2 amide bonds. The Kier molecular flexibility index (Phi) is 5.22. The summed E-state index contributed by atoms with van der Waals surface area (Å²) in [5, 5.41) is 17.1. The number of likely N-dealkylation sites (tertiary alicyclic amines) is 1. The second kappa shape index (κ2) is 6.93. The van der Waals surface area contributed by atoms with Gasteiger partial charge in [-0.2, -0.15) is 5.10 Å². The van der Waals surface area contributed by atoms with Crippen molar-refractivity contribution < 1.29 is 9.90 Å². The standard InChI is InChI=1S/C15H26N4O2/c1-4-5-7-19-12(3)13(9-16-19)17-15(21)18-8-6-11(2)14(20)10-18/h9,11,14,20H,4-8,10H2,1-3H3,(H,17,21). The van der Waals surface area contributed by atoms with Crippen molar-refractivity contribution in [2.75, 3.05) is 18.4 Å². The zero-order valence-electron chi connectivity index (χ0n) is 13.2. The molecule has 2 unspecified atom stereocenters. The summed E-state index contributed by atoms with van der Waals surface area (Å²) < 4.78 is 1.92. The van der Waals surface area contributed by atoms with Gasteiger partial charge in [0.05, 0.1) is 23.7 Å². The van der Waals surface area contributed by atoms with E-state index in [1.165, 1.54) is 0 Å². The smallest absolute Gasteiger partial charge is 0.322 e. The Morgan fingerprint density at radius 2 is 2.33 bits per heavy atom. The van der Waals surface area contributed by atoms with Crippen molar-refractivity contribution in [3.05, 3.63) is 11.9 Å². The summed E-state index contributed by atoms with van der Waals surface area (Å²) in [7, 11) is 0. The van der Waals surface area contributed by atoms with Crippen LogP contribution >= 0.6 is 0 Å². The number of nitrogens with one attached hydrogen (secondary N) is 1. The number of amides is 2. The van der Waals surface area contributed by atoms with Gasteiger partial charge in [0.25, 0.3) is 0 Å². The normalized spacial score (nSPS) is 22.4. The van der Waals surface area contributed by atoms with Crippen molar-refractivity contribution in [1.29, 1.82) is 0 Å². The fourth-order valence-corrected chi connectivity index (χ4v) is 2.53. The van der Waals surface area contributed by atoms with Crippen LogP contribution < -0.4 is 5.32 Å². The van der Waals surface area contributed by atoms with E-state index in [2.05, 4.69) is 17.3 Å². The van der Waals surface area contributed by atoms with Crippen molar-refractivity contribution in [3.63, 3.8) is 0 Å². The van der Waals surface area contributed by atoms with Gasteiger partial charge in [0.15, 0.2) is 0 Å². The minimum Gasteiger partial charge on any atom is -0.391 e. The number of anilines is 1. The molecule has 0 saturated carbocycles. The molecule has 1 aromatic rings. The van der Waals surface area contributed by atoms with Crippen LogP contribution in [0.2, 0.25) is 0 Å². The number of nitrogens with zero attached hydrogens (tertiary/aromatic N) is 3. The first-order valence-corrected chi connectivity index (χ1v) is 7.79. The van der Waals surface area contributed by atoms with E-state index in [0.717, 1.165) is 37.2 Å². The molecule has 2 N–H and O–H groups in total. The number of aliphatic hydroxyl groups is 1. The number of carbonyl (C=O) groups excluding carboxylic acids is 1. The number of unbranched alkanes of at least 4 members (excludes halogenated alkanes) is 1. The van der Waals surface area contributed by atoms with Crippen LogP contribution in [-0.4, -0.2) is 45.0 Å². The average Bonchev–Trinajstić information content (AvgIpc) is 2.80. The van der Waals surface area contributed by atoms with E-state index in [0.29, 0.717) is 13.1 Å². The summed E-state index contributed by atoms with van der Waals surface area (Å²) in [6, 6.07) is -0.154. The molecule has 21 heavy (non-hydrogen) atoms. The molecule has 0 aromatic carbocycles. The fourth-order valence-electron chi connectivity index (χ4n) is 2.53. The highest BCUT2D eigenvalue weighted by Gasteiger charge is 2.27. The first-order valence-electron chi connectivity index (χ1n) is 7.79. The van der Waals surface area contributed by atoms with E-state index in [9.17, 15) is 9.90 Å². The summed E-state index contributed by atoms with van der Waals surface area (Å²) in [4.78, 5) is 13.9. The molecular formula is C15H26N4O2. The maximum atomic E-state index is 12.3. The third kappa shape index (κ3) is 3.75. The first-order chi connectivity index (χ1) is 10.0. The highest BCUT2D eigenvalue weighted by Crippen LogP contribution is 2.19. The predicted molar refractivity (Wildman–Crippen MR) is 82.3 cm³/mol. The van der Waals surface area contributed by atoms with E-state index in [-0.39, 0.29) is 11.9 Å². The highest BCUT2D eigenvalue weighted by atomic mass is 16.3. The monoisotopic (exact) mass is 294 g/mol. The Bertz CT molecular complexity index is 486. The number of aryl methyl sites for hydroxylation is 1. The molecule has 1 fully saturated rings. The molecule has 1 aliphatic heterocycles. The number of rotatable bonds is 4. The lowest BCUT2D eigenvalue weighted by Gasteiger charge is -2.34. The Balaban J connectivity index is 1.95. The van der Waals surface area contributed by atoms with Crippen LogP contribution in [0, 0.1) is 12.8 Å². The summed E-state index contributed by atoms with van der Waals surface area (Å²) in [6.45, 7) is 8.08. The summed E-state index contributed by atoms with van der Waals surface area (Å²) in [6.07, 6.45) is 4.30. The molecule has 1 saturated heterocycles. The van der Waals surface area contributed by atoms with Crippen LogP contribution in [0.3, 0.4) is 0 Å². The number of carbonyl (C=O) groups is 1. The van der Waals surface area contributed by atoms with Gasteiger partial charge >= 0.3 is 6.03 Å². The minimum absolute atomic E-state index is 0.154. The summed E-state index contributed by atoms with van der Waals surface area (Å²) >= 11 is 0. The Hall–Kier alpha value is -1.56. The minimum atomic E-state index is -0.433. The number of hydrogen-bond donors (Lipinski definition) is 2. The van der Waals surface area contributed by atoms with E-state index >= 15 is 0 Å². The number of hydrogen-bond acceptors (Lipinski definition) is 3. The van der Waals surface area contributed by atoms with Gasteiger partial charge in [0.2, 0.25) is 0 Å². The largest absolute Gasteiger partial charge is 0.391 e. The molecule has 1 aromatic heterocycles. The maximum absolute atomic E-state index is 12.3. The van der Waals surface area contributed by atoms with Crippen LogP contribution in [0.25, 0.3) is 0 Å². The van der Waals surface area contributed by atoms with Crippen LogP contribution in [0.1, 0.15) is 38.8 Å². The molecule has 0 bridgehead atoms. The van der Waals surface area contributed by atoms with Crippen LogP contribution in [0.4, 0.5) is 10.5 Å². The average molecular weight is 294 g/mol.